The summed E-state index contributed by atoms with van der Waals surface area (Å²) in [5.41, 5.74) is 0.965. The monoisotopic (exact) mass is 320 g/mol. The lowest BCUT2D eigenvalue weighted by atomic mass is 9.82. The lowest BCUT2D eigenvalue weighted by Gasteiger charge is -2.32. The van der Waals surface area contributed by atoms with E-state index in [4.69, 9.17) is 4.74 Å². The smallest absolute Gasteiger partial charge is 0.407 e. The number of nitrogens with one attached hydrogen (secondary N) is 2. The van der Waals surface area contributed by atoms with Crippen molar-refractivity contribution in [2.45, 2.75) is 59.6 Å². The Morgan fingerprint density at radius 1 is 1.04 bits per heavy atom. The van der Waals surface area contributed by atoms with Gasteiger partial charge in [0.15, 0.2) is 0 Å². The molecule has 0 aliphatic rings. The highest BCUT2D eigenvalue weighted by molar-refractivity contribution is 5.67. The van der Waals surface area contributed by atoms with E-state index in [2.05, 4.69) is 55.7 Å². The highest BCUT2D eigenvalue weighted by Crippen LogP contribution is 2.32. The minimum Gasteiger partial charge on any atom is -0.444 e. The second kappa shape index (κ2) is 8.34. The third-order valence-electron chi connectivity index (χ3n) is 3.37. The van der Waals surface area contributed by atoms with Crippen LogP contribution in [-0.4, -0.2) is 24.8 Å². The van der Waals surface area contributed by atoms with E-state index in [-0.39, 0.29) is 17.6 Å². The molecule has 4 heteroatoms. The first-order chi connectivity index (χ1) is 10.6. The lowest BCUT2D eigenvalue weighted by Crippen LogP contribution is -2.36. The molecule has 2 N–H and O–H groups in total. The fraction of sp³-hybridized carbons (Fsp3) is 0.632. The first-order valence-corrected chi connectivity index (χ1v) is 8.35. The van der Waals surface area contributed by atoms with E-state index < -0.39 is 5.60 Å². The van der Waals surface area contributed by atoms with Gasteiger partial charge in [0.1, 0.15) is 5.60 Å². The van der Waals surface area contributed by atoms with Gasteiger partial charge in [0.2, 0.25) is 0 Å². The minimum atomic E-state index is -0.451. The van der Waals surface area contributed by atoms with Gasteiger partial charge in [0, 0.05) is 12.6 Å². The van der Waals surface area contributed by atoms with Gasteiger partial charge in [-0.15, -0.1) is 0 Å². The largest absolute Gasteiger partial charge is 0.444 e. The van der Waals surface area contributed by atoms with Gasteiger partial charge in [0.25, 0.3) is 0 Å². The molecule has 1 atom stereocenters. The van der Waals surface area contributed by atoms with Crippen molar-refractivity contribution in [1.82, 2.24) is 10.6 Å². The number of carbonyl (C=O) groups excluding carboxylic acids is 1. The van der Waals surface area contributed by atoms with Crippen LogP contribution in [0.3, 0.4) is 0 Å². The highest BCUT2D eigenvalue weighted by atomic mass is 16.6. The molecule has 1 aromatic rings. The SMILES string of the molecule is CC(C)(C)OC(=O)NCCCNC(c1ccccc1)C(C)(C)C. The Hall–Kier alpha value is -1.55. The molecule has 1 unspecified atom stereocenters. The van der Waals surface area contributed by atoms with Gasteiger partial charge in [-0.25, -0.2) is 4.79 Å². The van der Waals surface area contributed by atoms with Gasteiger partial charge < -0.3 is 15.4 Å². The number of alkyl carbamates (subject to hydrolysis) is 1. The molecule has 130 valence electrons. The molecule has 0 aromatic heterocycles. The van der Waals surface area contributed by atoms with E-state index in [0.29, 0.717) is 6.54 Å². The Balaban J connectivity index is 2.39. The fourth-order valence-electron chi connectivity index (χ4n) is 2.41. The van der Waals surface area contributed by atoms with E-state index in [1.807, 2.05) is 26.8 Å². The number of carbonyl (C=O) groups is 1. The van der Waals surface area contributed by atoms with Gasteiger partial charge in [-0.05, 0) is 44.7 Å². The van der Waals surface area contributed by atoms with Crippen LogP contribution in [0.5, 0.6) is 0 Å². The molecule has 0 aliphatic carbocycles. The predicted molar refractivity (Wildman–Crippen MR) is 95.5 cm³/mol. The van der Waals surface area contributed by atoms with Crippen molar-refractivity contribution in [3.05, 3.63) is 35.9 Å². The lowest BCUT2D eigenvalue weighted by molar-refractivity contribution is 0.0527. The first-order valence-electron chi connectivity index (χ1n) is 8.35. The second-order valence-corrected chi connectivity index (χ2v) is 7.95. The second-order valence-electron chi connectivity index (χ2n) is 7.95. The Bertz CT molecular complexity index is 472. The Labute approximate surface area is 141 Å². The van der Waals surface area contributed by atoms with E-state index >= 15 is 0 Å². The Morgan fingerprint density at radius 2 is 1.65 bits per heavy atom. The molecule has 0 aliphatic heterocycles. The van der Waals surface area contributed by atoms with Crippen LogP contribution in [0.15, 0.2) is 30.3 Å². The standard InChI is InChI=1S/C19H32N2O2/c1-18(2,3)16(15-11-8-7-9-12-15)20-13-10-14-21-17(22)23-19(4,5)6/h7-9,11-12,16,20H,10,13-14H2,1-6H3,(H,21,22). The normalized spacial score (nSPS) is 13.5. The average Bonchev–Trinajstić information content (AvgIpc) is 2.40. The Kier molecular flexibility index (Phi) is 7.07. The summed E-state index contributed by atoms with van der Waals surface area (Å²) in [6, 6.07) is 10.8. The third-order valence-corrected chi connectivity index (χ3v) is 3.37. The number of amides is 1. The zero-order chi connectivity index (χ0) is 17.5. The molecule has 0 bridgehead atoms. The van der Waals surface area contributed by atoms with Crippen molar-refractivity contribution in [2.75, 3.05) is 13.1 Å². The molecule has 0 saturated carbocycles. The number of hydrogen-bond acceptors (Lipinski definition) is 3. The number of benzene rings is 1. The summed E-state index contributed by atoms with van der Waals surface area (Å²) in [5, 5.41) is 6.40. The molecule has 0 saturated heterocycles. The van der Waals surface area contributed by atoms with Crippen LogP contribution in [0.1, 0.15) is 59.6 Å². The topological polar surface area (TPSA) is 50.4 Å². The quantitative estimate of drug-likeness (QED) is 0.769. The summed E-state index contributed by atoms with van der Waals surface area (Å²) >= 11 is 0. The molecule has 0 spiro atoms. The van der Waals surface area contributed by atoms with Crippen molar-refractivity contribution < 1.29 is 9.53 Å². The van der Waals surface area contributed by atoms with Crippen LogP contribution in [0, 0.1) is 5.41 Å². The van der Waals surface area contributed by atoms with Crippen molar-refractivity contribution in [1.29, 1.82) is 0 Å². The van der Waals surface area contributed by atoms with E-state index in [0.717, 1.165) is 13.0 Å². The van der Waals surface area contributed by atoms with Crippen LogP contribution in [0.25, 0.3) is 0 Å². The van der Waals surface area contributed by atoms with E-state index in [1.165, 1.54) is 5.56 Å². The molecule has 23 heavy (non-hydrogen) atoms. The van der Waals surface area contributed by atoms with Crippen molar-refractivity contribution in [3.63, 3.8) is 0 Å². The predicted octanol–water partition coefficient (Wildman–Crippen LogP) is 4.28. The van der Waals surface area contributed by atoms with Gasteiger partial charge in [-0.1, -0.05) is 51.1 Å². The summed E-state index contributed by atoms with van der Waals surface area (Å²) in [5.74, 6) is 0. The number of hydrogen-bond donors (Lipinski definition) is 2. The van der Waals surface area contributed by atoms with Crippen molar-refractivity contribution in [2.24, 2.45) is 5.41 Å². The van der Waals surface area contributed by atoms with Gasteiger partial charge in [-0.2, -0.15) is 0 Å². The van der Waals surface area contributed by atoms with Crippen molar-refractivity contribution >= 4 is 6.09 Å². The summed E-state index contributed by atoms with van der Waals surface area (Å²) in [6.45, 7) is 13.7. The average molecular weight is 320 g/mol. The van der Waals surface area contributed by atoms with Crippen LogP contribution in [0.4, 0.5) is 4.79 Å². The minimum absolute atomic E-state index is 0.125. The number of rotatable bonds is 6. The molecular formula is C19H32N2O2. The third kappa shape index (κ3) is 8.03. The molecule has 0 fully saturated rings. The zero-order valence-corrected chi connectivity index (χ0v) is 15.4. The summed E-state index contributed by atoms with van der Waals surface area (Å²) in [4.78, 5) is 11.6. The van der Waals surface area contributed by atoms with E-state index in [1.54, 1.807) is 0 Å². The summed E-state index contributed by atoms with van der Waals surface area (Å²) in [6.07, 6.45) is 0.506. The maximum absolute atomic E-state index is 11.6. The maximum Gasteiger partial charge on any atom is 0.407 e. The fourth-order valence-corrected chi connectivity index (χ4v) is 2.41. The zero-order valence-electron chi connectivity index (χ0n) is 15.4. The maximum atomic E-state index is 11.6. The van der Waals surface area contributed by atoms with Crippen LogP contribution in [-0.2, 0) is 4.74 Å². The molecule has 1 aromatic carbocycles. The molecule has 0 heterocycles. The van der Waals surface area contributed by atoms with Crippen LogP contribution >= 0.6 is 0 Å². The Morgan fingerprint density at radius 3 is 2.17 bits per heavy atom. The number of ether oxygens (including phenoxy) is 1. The van der Waals surface area contributed by atoms with Crippen LogP contribution < -0.4 is 10.6 Å². The first kappa shape index (κ1) is 19.5. The molecule has 1 rings (SSSR count). The van der Waals surface area contributed by atoms with Gasteiger partial charge in [-0.3, -0.25) is 0 Å². The highest BCUT2D eigenvalue weighted by Gasteiger charge is 2.25. The summed E-state index contributed by atoms with van der Waals surface area (Å²) < 4.78 is 5.22. The van der Waals surface area contributed by atoms with Gasteiger partial charge >= 0.3 is 6.09 Å². The molecule has 1 amide bonds. The van der Waals surface area contributed by atoms with E-state index in [9.17, 15) is 4.79 Å². The van der Waals surface area contributed by atoms with Crippen molar-refractivity contribution in [3.8, 4) is 0 Å². The molecule has 0 radical (unpaired) electrons. The van der Waals surface area contributed by atoms with Gasteiger partial charge in [0.05, 0.1) is 0 Å². The summed E-state index contributed by atoms with van der Waals surface area (Å²) in [7, 11) is 0. The molecule has 4 nitrogen and oxygen atoms in total. The van der Waals surface area contributed by atoms with Crippen LogP contribution in [0.2, 0.25) is 0 Å². The molecular weight excluding hydrogens is 288 g/mol.